The molecular weight excluding hydrogens is 219 g/mol. The van der Waals surface area contributed by atoms with Crippen molar-refractivity contribution in [3.8, 4) is 11.3 Å². The van der Waals surface area contributed by atoms with Crippen LogP contribution in [0.5, 0.6) is 0 Å². The summed E-state index contributed by atoms with van der Waals surface area (Å²) in [6.07, 6.45) is 0. The van der Waals surface area contributed by atoms with Crippen molar-refractivity contribution in [2.45, 2.75) is 26.8 Å². The van der Waals surface area contributed by atoms with Gasteiger partial charge in [-0.05, 0) is 32.9 Å². The zero-order chi connectivity index (χ0) is 12.6. The van der Waals surface area contributed by atoms with Crippen molar-refractivity contribution in [2.75, 3.05) is 0 Å². The summed E-state index contributed by atoms with van der Waals surface area (Å²) < 4.78 is 15.2. The molecule has 3 nitrogen and oxygen atoms in total. The lowest BCUT2D eigenvalue weighted by molar-refractivity contribution is 0.517. The van der Waals surface area contributed by atoms with Crippen LogP contribution in [0.2, 0.25) is 0 Å². The molecule has 0 spiro atoms. The average molecular weight is 234 g/mol. The molecule has 1 N–H and O–H groups in total. The van der Waals surface area contributed by atoms with Gasteiger partial charge in [0.25, 0.3) is 5.56 Å². The highest BCUT2D eigenvalue weighted by molar-refractivity contribution is 5.62. The fourth-order valence-electron chi connectivity index (χ4n) is 1.83. The number of aromatic amines is 1. The van der Waals surface area contributed by atoms with E-state index in [0.717, 1.165) is 0 Å². The molecule has 90 valence electrons. The quantitative estimate of drug-likeness (QED) is 0.852. The van der Waals surface area contributed by atoms with Gasteiger partial charge in [-0.2, -0.15) is 0 Å². The Hall–Kier alpha value is -1.84. The van der Waals surface area contributed by atoms with Crippen LogP contribution >= 0.6 is 0 Å². The summed E-state index contributed by atoms with van der Waals surface area (Å²) in [5.74, 6) is -0.326. The highest BCUT2D eigenvalue weighted by atomic mass is 19.1. The molecule has 1 aromatic carbocycles. The van der Waals surface area contributed by atoms with Crippen LogP contribution in [0, 0.1) is 12.7 Å². The number of rotatable bonds is 2. The lowest BCUT2D eigenvalue weighted by Gasteiger charge is -2.05. The molecular formula is C13H15FN2O. The van der Waals surface area contributed by atoms with Crippen LogP contribution in [0.25, 0.3) is 11.3 Å². The Labute approximate surface area is 98.9 Å². The maximum absolute atomic E-state index is 13.7. The van der Waals surface area contributed by atoms with Crippen molar-refractivity contribution in [3.63, 3.8) is 0 Å². The van der Waals surface area contributed by atoms with Gasteiger partial charge in [0.2, 0.25) is 0 Å². The van der Waals surface area contributed by atoms with Crippen molar-refractivity contribution < 1.29 is 4.39 Å². The van der Waals surface area contributed by atoms with Crippen LogP contribution in [0.1, 0.15) is 25.5 Å². The molecule has 0 unspecified atom stereocenters. The van der Waals surface area contributed by atoms with E-state index < -0.39 is 0 Å². The second-order valence-electron chi connectivity index (χ2n) is 4.36. The van der Waals surface area contributed by atoms with E-state index in [0.29, 0.717) is 16.8 Å². The van der Waals surface area contributed by atoms with Gasteiger partial charge in [0.15, 0.2) is 0 Å². The molecule has 1 aromatic heterocycles. The average Bonchev–Trinajstić information content (AvgIpc) is 2.57. The van der Waals surface area contributed by atoms with Gasteiger partial charge in [0, 0.05) is 17.2 Å². The smallest absolute Gasteiger partial charge is 0.270 e. The van der Waals surface area contributed by atoms with Crippen LogP contribution in [-0.2, 0) is 0 Å². The number of halogens is 1. The minimum Gasteiger partial charge on any atom is -0.294 e. The van der Waals surface area contributed by atoms with Gasteiger partial charge in [-0.25, -0.2) is 9.07 Å². The minimum absolute atomic E-state index is 0.0294. The third-order valence-electron chi connectivity index (χ3n) is 2.81. The van der Waals surface area contributed by atoms with Gasteiger partial charge in [0.05, 0.1) is 5.69 Å². The lowest BCUT2D eigenvalue weighted by atomic mass is 10.1. The van der Waals surface area contributed by atoms with Gasteiger partial charge in [-0.1, -0.05) is 12.1 Å². The van der Waals surface area contributed by atoms with Crippen molar-refractivity contribution >= 4 is 0 Å². The Morgan fingerprint density at radius 1 is 1.29 bits per heavy atom. The standard InChI is InChI=1S/C13H15FN2O/c1-8(2)16-13(17)9(3)12(15-16)10-6-4-5-7-11(10)14/h4-8,15H,1-3H3. The highest BCUT2D eigenvalue weighted by Gasteiger charge is 2.15. The molecule has 0 atom stereocenters. The summed E-state index contributed by atoms with van der Waals surface area (Å²) in [6, 6.07) is 6.47. The van der Waals surface area contributed by atoms with Crippen LogP contribution in [-0.4, -0.2) is 9.78 Å². The first kappa shape index (κ1) is 11.6. The first-order valence-electron chi connectivity index (χ1n) is 5.58. The van der Waals surface area contributed by atoms with Crippen molar-refractivity contribution in [1.82, 2.24) is 9.78 Å². The molecule has 0 saturated heterocycles. The maximum atomic E-state index is 13.7. The number of hydrogen-bond acceptors (Lipinski definition) is 1. The monoisotopic (exact) mass is 234 g/mol. The fourth-order valence-corrected chi connectivity index (χ4v) is 1.83. The van der Waals surface area contributed by atoms with Crippen LogP contribution in [0.15, 0.2) is 29.1 Å². The number of hydrogen-bond donors (Lipinski definition) is 1. The number of nitrogens with one attached hydrogen (secondary N) is 1. The molecule has 0 saturated carbocycles. The number of aromatic nitrogens is 2. The fraction of sp³-hybridized carbons (Fsp3) is 0.308. The second kappa shape index (κ2) is 4.20. The molecule has 0 aliphatic rings. The Morgan fingerprint density at radius 2 is 1.94 bits per heavy atom. The van der Waals surface area contributed by atoms with Gasteiger partial charge in [0.1, 0.15) is 5.82 Å². The predicted octanol–water partition coefficient (Wildman–Crippen LogP) is 2.87. The van der Waals surface area contributed by atoms with E-state index in [1.54, 1.807) is 25.1 Å². The van der Waals surface area contributed by atoms with Crippen LogP contribution in [0.4, 0.5) is 4.39 Å². The van der Waals surface area contributed by atoms with Crippen molar-refractivity contribution in [2.24, 2.45) is 0 Å². The Kier molecular flexibility index (Phi) is 2.88. The van der Waals surface area contributed by atoms with Gasteiger partial charge in [-0.15, -0.1) is 0 Å². The zero-order valence-corrected chi connectivity index (χ0v) is 10.1. The third-order valence-corrected chi connectivity index (χ3v) is 2.81. The second-order valence-corrected chi connectivity index (χ2v) is 4.36. The summed E-state index contributed by atoms with van der Waals surface area (Å²) in [4.78, 5) is 11.9. The molecule has 0 bridgehead atoms. The van der Waals surface area contributed by atoms with Gasteiger partial charge >= 0.3 is 0 Å². The summed E-state index contributed by atoms with van der Waals surface area (Å²) in [5, 5.41) is 2.97. The Morgan fingerprint density at radius 3 is 2.47 bits per heavy atom. The van der Waals surface area contributed by atoms with Crippen molar-refractivity contribution in [3.05, 3.63) is 46.0 Å². The molecule has 0 aliphatic heterocycles. The third kappa shape index (κ3) is 1.90. The molecule has 1 heterocycles. The Balaban J connectivity index is 2.66. The van der Waals surface area contributed by atoms with E-state index in [-0.39, 0.29) is 17.4 Å². The molecule has 2 rings (SSSR count). The van der Waals surface area contributed by atoms with Crippen molar-refractivity contribution in [1.29, 1.82) is 0 Å². The summed E-state index contributed by atoms with van der Waals surface area (Å²) >= 11 is 0. The first-order valence-corrected chi connectivity index (χ1v) is 5.58. The minimum atomic E-state index is -0.326. The summed E-state index contributed by atoms with van der Waals surface area (Å²) in [5.41, 5.74) is 1.44. The van der Waals surface area contributed by atoms with E-state index in [1.165, 1.54) is 10.7 Å². The number of nitrogens with zero attached hydrogens (tertiary/aromatic N) is 1. The van der Waals surface area contributed by atoms with E-state index >= 15 is 0 Å². The maximum Gasteiger partial charge on any atom is 0.270 e. The van der Waals surface area contributed by atoms with Crippen LogP contribution in [0.3, 0.4) is 0 Å². The zero-order valence-electron chi connectivity index (χ0n) is 10.1. The molecule has 17 heavy (non-hydrogen) atoms. The highest BCUT2D eigenvalue weighted by Crippen LogP contribution is 2.22. The van der Waals surface area contributed by atoms with E-state index in [9.17, 15) is 9.18 Å². The summed E-state index contributed by atoms with van der Waals surface area (Å²) in [6.45, 7) is 5.52. The first-order chi connectivity index (χ1) is 8.02. The Bertz CT molecular complexity index is 596. The summed E-state index contributed by atoms with van der Waals surface area (Å²) in [7, 11) is 0. The molecule has 0 aliphatic carbocycles. The number of benzene rings is 1. The number of H-pyrrole nitrogens is 1. The molecule has 0 radical (unpaired) electrons. The topological polar surface area (TPSA) is 37.8 Å². The molecule has 0 fully saturated rings. The van der Waals surface area contributed by atoms with Gasteiger partial charge in [-0.3, -0.25) is 9.89 Å². The van der Waals surface area contributed by atoms with E-state index in [1.807, 2.05) is 13.8 Å². The SMILES string of the molecule is Cc1c(-c2ccccc2F)[nH]n(C(C)C)c1=O. The van der Waals surface area contributed by atoms with Gasteiger partial charge < -0.3 is 0 Å². The van der Waals surface area contributed by atoms with E-state index in [4.69, 9.17) is 0 Å². The van der Waals surface area contributed by atoms with E-state index in [2.05, 4.69) is 5.10 Å². The predicted molar refractivity (Wildman–Crippen MR) is 65.6 cm³/mol. The molecule has 4 heteroatoms. The normalized spacial score (nSPS) is 11.1. The molecule has 2 aromatic rings. The van der Waals surface area contributed by atoms with Crippen LogP contribution < -0.4 is 5.56 Å². The largest absolute Gasteiger partial charge is 0.294 e. The lowest BCUT2D eigenvalue weighted by Crippen LogP contribution is -2.19. The molecule has 0 amide bonds.